The summed E-state index contributed by atoms with van der Waals surface area (Å²) in [5, 5.41) is 14.4. The highest BCUT2D eigenvalue weighted by molar-refractivity contribution is 5.58. The standard InChI is InChI=1S/C17H25F3N6/c1-10(2)9-25-7-5-6-13(25)8-21-14-11(3)12(4)15-22-23-16(17(18,19)20)26(15)24-14/h10,13H,5-9H2,1-4H3,(H,21,24)/t13-/m1/s1. The predicted octanol–water partition coefficient (Wildman–Crippen LogP) is 3.29. The van der Waals surface area contributed by atoms with Crippen molar-refractivity contribution in [1.29, 1.82) is 0 Å². The molecule has 26 heavy (non-hydrogen) atoms. The molecule has 9 heteroatoms. The highest BCUT2D eigenvalue weighted by atomic mass is 19.4. The maximum Gasteiger partial charge on any atom is 0.453 e. The minimum atomic E-state index is -4.59. The van der Waals surface area contributed by atoms with Gasteiger partial charge in [-0.2, -0.15) is 17.7 Å². The van der Waals surface area contributed by atoms with Crippen molar-refractivity contribution >= 4 is 11.5 Å². The smallest absolute Gasteiger partial charge is 0.367 e. The molecule has 2 aromatic rings. The van der Waals surface area contributed by atoms with Crippen LogP contribution in [0.25, 0.3) is 5.65 Å². The molecule has 0 saturated carbocycles. The van der Waals surface area contributed by atoms with Gasteiger partial charge in [0.25, 0.3) is 5.82 Å². The Morgan fingerprint density at radius 1 is 1.19 bits per heavy atom. The Morgan fingerprint density at radius 3 is 2.58 bits per heavy atom. The molecule has 0 spiro atoms. The van der Waals surface area contributed by atoms with Crippen molar-refractivity contribution < 1.29 is 13.2 Å². The highest BCUT2D eigenvalue weighted by Gasteiger charge is 2.38. The van der Waals surface area contributed by atoms with Crippen LogP contribution in [0.15, 0.2) is 0 Å². The van der Waals surface area contributed by atoms with Gasteiger partial charge in [0.15, 0.2) is 5.65 Å². The molecule has 144 valence electrons. The second-order valence-corrected chi connectivity index (χ2v) is 7.42. The van der Waals surface area contributed by atoms with E-state index in [2.05, 4.69) is 39.4 Å². The summed E-state index contributed by atoms with van der Waals surface area (Å²) >= 11 is 0. The first-order chi connectivity index (χ1) is 12.2. The van der Waals surface area contributed by atoms with Crippen molar-refractivity contribution in [3.8, 4) is 0 Å². The number of aryl methyl sites for hydroxylation is 1. The van der Waals surface area contributed by atoms with Crippen molar-refractivity contribution in [2.45, 2.75) is 52.8 Å². The minimum Gasteiger partial charge on any atom is -0.367 e. The predicted molar refractivity (Wildman–Crippen MR) is 93.2 cm³/mol. The molecular weight excluding hydrogens is 345 g/mol. The minimum absolute atomic E-state index is 0.141. The first kappa shape index (κ1) is 18.9. The zero-order valence-corrected chi connectivity index (χ0v) is 15.6. The number of rotatable bonds is 5. The summed E-state index contributed by atoms with van der Waals surface area (Å²) in [4.78, 5) is 2.44. The van der Waals surface area contributed by atoms with Gasteiger partial charge in [-0.05, 0) is 44.7 Å². The molecule has 1 saturated heterocycles. The average Bonchev–Trinajstić information content (AvgIpc) is 3.15. The largest absolute Gasteiger partial charge is 0.453 e. The van der Waals surface area contributed by atoms with E-state index < -0.39 is 12.0 Å². The SMILES string of the molecule is Cc1c(NC[C@H]2CCCN2CC(C)C)nn2c(C(F)(F)F)nnc2c1C. The molecule has 2 aromatic heterocycles. The summed E-state index contributed by atoms with van der Waals surface area (Å²) in [6, 6.07) is 0.373. The van der Waals surface area contributed by atoms with Gasteiger partial charge in [-0.15, -0.1) is 15.3 Å². The molecule has 0 aromatic carbocycles. The Labute approximate surface area is 150 Å². The van der Waals surface area contributed by atoms with E-state index in [4.69, 9.17) is 0 Å². The fourth-order valence-corrected chi connectivity index (χ4v) is 3.52. The van der Waals surface area contributed by atoms with Crippen molar-refractivity contribution in [2.75, 3.05) is 25.0 Å². The third-order valence-corrected chi connectivity index (χ3v) is 4.95. The lowest BCUT2D eigenvalue weighted by molar-refractivity contribution is -0.146. The second kappa shape index (κ2) is 7.02. The van der Waals surface area contributed by atoms with E-state index in [0.717, 1.165) is 36.0 Å². The average molecular weight is 370 g/mol. The number of hydrogen-bond donors (Lipinski definition) is 1. The maximum atomic E-state index is 13.1. The van der Waals surface area contributed by atoms with Gasteiger partial charge in [-0.3, -0.25) is 4.90 Å². The quantitative estimate of drug-likeness (QED) is 0.875. The summed E-state index contributed by atoms with van der Waals surface area (Å²) in [7, 11) is 0. The third-order valence-electron chi connectivity index (χ3n) is 4.95. The number of fused-ring (bicyclic) bond motifs is 1. The molecule has 3 rings (SSSR count). The molecular formula is C17H25F3N6. The third kappa shape index (κ3) is 3.62. The number of anilines is 1. The van der Waals surface area contributed by atoms with Crippen LogP contribution in [-0.2, 0) is 6.18 Å². The van der Waals surface area contributed by atoms with Gasteiger partial charge in [0.1, 0.15) is 5.82 Å². The van der Waals surface area contributed by atoms with Gasteiger partial charge in [-0.25, -0.2) is 0 Å². The molecule has 1 fully saturated rings. The summed E-state index contributed by atoms with van der Waals surface area (Å²) in [6.07, 6.45) is -2.36. The zero-order chi connectivity index (χ0) is 19.1. The molecule has 0 aliphatic carbocycles. The number of aromatic nitrogens is 4. The van der Waals surface area contributed by atoms with E-state index in [1.54, 1.807) is 6.92 Å². The monoisotopic (exact) mass is 370 g/mol. The normalized spacial score (nSPS) is 19.0. The van der Waals surface area contributed by atoms with E-state index in [1.165, 1.54) is 0 Å². The Bertz CT molecular complexity index is 783. The van der Waals surface area contributed by atoms with Crippen molar-refractivity contribution in [1.82, 2.24) is 24.7 Å². The molecule has 1 atom stereocenters. The van der Waals surface area contributed by atoms with Gasteiger partial charge >= 0.3 is 6.18 Å². The summed E-state index contributed by atoms with van der Waals surface area (Å²) in [6.45, 7) is 10.7. The highest BCUT2D eigenvalue weighted by Crippen LogP contribution is 2.30. The topological polar surface area (TPSA) is 58.4 Å². The number of halogens is 3. The van der Waals surface area contributed by atoms with Crippen LogP contribution in [0.4, 0.5) is 19.0 Å². The molecule has 3 heterocycles. The summed E-state index contributed by atoms with van der Waals surface area (Å²) in [5.74, 6) is -0.0573. The lowest BCUT2D eigenvalue weighted by Gasteiger charge is -2.26. The first-order valence-electron chi connectivity index (χ1n) is 8.96. The van der Waals surface area contributed by atoms with Crippen LogP contribution in [-0.4, -0.2) is 50.4 Å². The van der Waals surface area contributed by atoms with E-state index in [1.807, 2.05) is 6.92 Å². The Morgan fingerprint density at radius 2 is 1.92 bits per heavy atom. The van der Waals surface area contributed by atoms with Gasteiger partial charge in [0.05, 0.1) is 0 Å². The Kier molecular flexibility index (Phi) is 5.09. The van der Waals surface area contributed by atoms with Crippen LogP contribution in [0.3, 0.4) is 0 Å². The van der Waals surface area contributed by atoms with Crippen LogP contribution >= 0.6 is 0 Å². The fraction of sp³-hybridized carbons (Fsp3) is 0.706. The lowest BCUT2D eigenvalue weighted by atomic mass is 10.1. The fourth-order valence-electron chi connectivity index (χ4n) is 3.52. The van der Waals surface area contributed by atoms with Gasteiger partial charge < -0.3 is 5.32 Å². The van der Waals surface area contributed by atoms with Crippen LogP contribution in [0, 0.1) is 19.8 Å². The van der Waals surface area contributed by atoms with Crippen LogP contribution in [0.1, 0.15) is 43.6 Å². The van der Waals surface area contributed by atoms with Crippen molar-refractivity contribution in [3.63, 3.8) is 0 Å². The summed E-state index contributed by atoms with van der Waals surface area (Å²) in [5.41, 5.74) is 1.59. The lowest BCUT2D eigenvalue weighted by Crippen LogP contribution is -2.37. The van der Waals surface area contributed by atoms with Crippen LogP contribution < -0.4 is 5.32 Å². The summed E-state index contributed by atoms with van der Waals surface area (Å²) < 4.78 is 40.2. The number of alkyl halides is 3. The molecule has 0 amide bonds. The van der Waals surface area contributed by atoms with Crippen LogP contribution in [0.5, 0.6) is 0 Å². The van der Waals surface area contributed by atoms with Gasteiger partial charge in [0.2, 0.25) is 0 Å². The Hall–Kier alpha value is -1.90. The number of hydrogen-bond acceptors (Lipinski definition) is 5. The second-order valence-electron chi connectivity index (χ2n) is 7.42. The van der Waals surface area contributed by atoms with E-state index >= 15 is 0 Å². The van der Waals surface area contributed by atoms with Crippen LogP contribution in [0.2, 0.25) is 0 Å². The number of nitrogens with zero attached hydrogens (tertiary/aromatic N) is 5. The van der Waals surface area contributed by atoms with E-state index in [0.29, 0.717) is 29.9 Å². The molecule has 6 nitrogen and oxygen atoms in total. The molecule has 1 aliphatic heterocycles. The number of likely N-dealkylation sites (tertiary alicyclic amines) is 1. The molecule has 0 radical (unpaired) electrons. The van der Waals surface area contributed by atoms with E-state index in [-0.39, 0.29) is 5.65 Å². The Balaban J connectivity index is 1.85. The first-order valence-corrected chi connectivity index (χ1v) is 8.96. The van der Waals surface area contributed by atoms with Gasteiger partial charge in [-0.1, -0.05) is 13.8 Å². The number of nitrogens with one attached hydrogen (secondary N) is 1. The molecule has 0 unspecified atom stereocenters. The maximum absolute atomic E-state index is 13.1. The van der Waals surface area contributed by atoms with Crippen molar-refractivity contribution in [3.05, 3.63) is 17.0 Å². The zero-order valence-electron chi connectivity index (χ0n) is 15.6. The van der Waals surface area contributed by atoms with E-state index in [9.17, 15) is 13.2 Å². The van der Waals surface area contributed by atoms with Crippen molar-refractivity contribution in [2.24, 2.45) is 5.92 Å². The molecule has 0 bridgehead atoms. The molecule has 1 N–H and O–H groups in total. The van der Waals surface area contributed by atoms with Gasteiger partial charge in [0, 0.05) is 24.7 Å². The molecule has 1 aliphatic rings.